The Hall–Kier alpha value is -2.63. The van der Waals surface area contributed by atoms with Crippen LogP contribution in [0.15, 0.2) is 42.7 Å². The Balaban J connectivity index is 1.57. The molecule has 1 saturated carbocycles. The lowest BCUT2D eigenvalue weighted by atomic mass is 10.2. The molecule has 106 valence electrons. The van der Waals surface area contributed by atoms with Crippen LogP contribution in [-0.4, -0.2) is 24.8 Å². The zero-order valence-corrected chi connectivity index (χ0v) is 11.6. The van der Waals surface area contributed by atoms with E-state index < -0.39 is 0 Å². The number of hydrogen-bond acceptors (Lipinski definition) is 4. The van der Waals surface area contributed by atoms with Crippen molar-refractivity contribution >= 4 is 5.82 Å². The number of aromatic nitrogens is 5. The molecule has 0 atom stereocenters. The van der Waals surface area contributed by atoms with Gasteiger partial charge in [-0.15, -0.1) is 5.10 Å². The van der Waals surface area contributed by atoms with Crippen LogP contribution in [0, 0.1) is 0 Å². The first-order valence-corrected chi connectivity index (χ1v) is 7.09. The van der Waals surface area contributed by atoms with E-state index in [1.807, 2.05) is 21.6 Å². The fourth-order valence-corrected chi connectivity index (χ4v) is 2.58. The number of benzene rings is 1. The summed E-state index contributed by atoms with van der Waals surface area (Å²) in [4.78, 5) is 0. The summed E-state index contributed by atoms with van der Waals surface area (Å²) in [6, 6.07) is 10.2. The van der Waals surface area contributed by atoms with Gasteiger partial charge in [-0.25, -0.2) is 9.36 Å². The number of anilines is 1. The molecule has 6 heteroatoms. The maximum atomic E-state index is 5.92. The molecule has 1 aromatic carbocycles. The fraction of sp³-hybridized carbons (Fsp3) is 0.267. The molecule has 0 aliphatic heterocycles. The van der Waals surface area contributed by atoms with E-state index in [0.29, 0.717) is 18.3 Å². The third-order valence-electron chi connectivity index (χ3n) is 3.80. The minimum atomic E-state index is 0.545. The van der Waals surface area contributed by atoms with Crippen LogP contribution in [0.5, 0.6) is 0 Å². The van der Waals surface area contributed by atoms with Crippen molar-refractivity contribution in [3.63, 3.8) is 0 Å². The van der Waals surface area contributed by atoms with E-state index in [4.69, 9.17) is 5.73 Å². The minimum absolute atomic E-state index is 0.545. The number of nitrogen functional groups attached to an aromatic ring is 1. The fourth-order valence-electron chi connectivity index (χ4n) is 2.58. The van der Waals surface area contributed by atoms with Gasteiger partial charge in [0.05, 0.1) is 17.9 Å². The predicted molar refractivity (Wildman–Crippen MR) is 79.1 cm³/mol. The summed E-state index contributed by atoms with van der Waals surface area (Å²) in [6.45, 7) is 0.704. The van der Waals surface area contributed by atoms with Crippen molar-refractivity contribution < 1.29 is 0 Å². The summed E-state index contributed by atoms with van der Waals surface area (Å²) in [7, 11) is 0. The Bertz CT molecular complexity index is 737. The highest BCUT2D eigenvalue weighted by Crippen LogP contribution is 2.42. The summed E-state index contributed by atoms with van der Waals surface area (Å²) in [5, 5.41) is 12.4. The molecule has 4 rings (SSSR count). The Morgan fingerprint density at radius 2 is 2.00 bits per heavy atom. The largest absolute Gasteiger partial charge is 0.381 e. The van der Waals surface area contributed by atoms with Crippen molar-refractivity contribution in [2.24, 2.45) is 0 Å². The van der Waals surface area contributed by atoms with Crippen LogP contribution in [0.3, 0.4) is 0 Å². The van der Waals surface area contributed by atoms with Crippen LogP contribution in [0.2, 0.25) is 0 Å². The van der Waals surface area contributed by atoms with Crippen LogP contribution in [0.4, 0.5) is 5.82 Å². The van der Waals surface area contributed by atoms with E-state index in [1.54, 1.807) is 6.20 Å². The van der Waals surface area contributed by atoms with Crippen molar-refractivity contribution in [1.82, 2.24) is 24.8 Å². The summed E-state index contributed by atoms with van der Waals surface area (Å²) < 4.78 is 3.77. The zero-order valence-electron chi connectivity index (χ0n) is 11.6. The van der Waals surface area contributed by atoms with Crippen LogP contribution < -0.4 is 5.73 Å². The van der Waals surface area contributed by atoms with Crippen molar-refractivity contribution in [2.45, 2.75) is 25.3 Å². The third-order valence-corrected chi connectivity index (χ3v) is 3.80. The van der Waals surface area contributed by atoms with Crippen LogP contribution >= 0.6 is 0 Å². The highest BCUT2D eigenvalue weighted by atomic mass is 15.4. The normalized spacial score (nSPS) is 14.5. The van der Waals surface area contributed by atoms with Gasteiger partial charge in [0.25, 0.3) is 0 Å². The average molecular weight is 280 g/mol. The Morgan fingerprint density at radius 3 is 2.67 bits per heavy atom. The lowest BCUT2D eigenvalue weighted by Gasteiger charge is -2.07. The van der Waals surface area contributed by atoms with Gasteiger partial charge in [-0.1, -0.05) is 17.3 Å². The van der Waals surface area contributed by atoms with Gasteiger partial charge < -0.3 is 5.73 Å². The number of nitrogens with two attached hydrogens (primary N) is 1. The molecule has 2 aromatic heterocycles. The lowest BCUT2D eigenvalue weighted by molar-refractivity contribution is 0.619. The summed E-state index contributed by atoms with van der Waals surface area (Å²) in [6.07, 6.45) is 6.08. The van der Waals surface area contributed by atoms with Gasteiger partial charge in [0.1, 0.15) is 0 Å². The van der Waals surface area contributed by atoms with E-state index >= 15 is 0 Å². The molecular weight excluding hydrogens is 264 g/mol. The lowest BCUT2D eigenvalue weighted by Crippen LogP contribution is -2.07. The average Bonchev–Trinajstić information content (AvgIpc) is 3.05. The molecule has 2 heterocycles. The Labute approximate surface area is 122 Å². The molecule has 21 heavy (non-hydrogen) atoms. The molecule has 2 N–H and O–H groups in total. The van der Waals surface area contributed by atoms with Gasteiger partial charge in [-0.05, 0) is 36.6 Å². The summed E-state index contributed by atoms with van der Waals surface area (Å²) in [5.74, 6) is 1.12. The molecule has 1 aliphatic rings. The second-order valence-corrected chi connectivity index (χ2v) is 5.41. The van der Waals surface area contributed by atoms with Crippen molar-refractivity contribution in [1.29, 1.82) is 0 Å². The molecule has 6 nitrogen and oxygen atoms in total. The molecule has 0 unspecified atom stereocenters. The zero-order chi connectivity index (χ0) is 14.2. The molecule has 0 saturated heterocycles. The van der Waals surface area contributed by atoms with E-state index in [0.717, 1.165) is 11.4 Å². The molecule has 1 aliphatic carbocycles. The third kappa shape index (κ3) is 2.29. The van der Waals surface area contributed by atoms with Crippen molar-refractivity contribution in [3.05, 3.63) is 54.0 Å². The van der Waals surface area contributed by atoms with Gasteiger partial charge in [-0.2, -0.15) is 5.10 Å². The smallest absolute Gasteiger partial charge is 0.169 e. The van der Waals surface area contributed by atoms with Gasteiger partial charge in [0.2, 0.25) is 0 Å². The minimum Gasteiger partial charge on any atom is -0.381 e. The topological polar surface area (TPSA) is 74.5 Å². The second-order valence-electron chi connectivity index (χ2n) is 5.41. The summed E-state index contributed by atoms with van der Waals surface area (Å²) >= 11 is 0. The van der Waals surface area contributed by atoms with E-state index in [9.17, 15) is 0 Å². The Morgan fingerprint density at radius 1 is 1.19 bits per heavy atom. The number of hydrogen-bond donors (Lipinski definition) is 1. The molecular formula is C15H16N6. The van der Waals surface area contributed by atoms with Crippen molar-refractivity contribution in [2.75, 3.05) is 5.73 Å². The van der Waals surface area contributed by atoms with Gasteiger partial charge in [0, 0.05) is 18.3 Å². The Kier molecular flexibility index (Phi) is 2.73. The van der Waals surface area contributed by atoms with Crippen LogP contribution in [0.1, 0.15) is 30.0 Å². The maximum absolute atomic E-state index is 5.92. The van der Waals surface area contributed by atoms with Crippen molar-refractivity contribution in [3.8, 4) is 5.69 Å². The highest BCUT2D eigenvalue weighted by molar-refractivity contribution is 5.39. The first kappa shape index (κ1) is 12.1. The molecule has 0 spiro atoms. The van der Waals surface area contributed by atoms with Crippen LogP contribution in [-0.2, 0) is 6.54 Å². The first-order valence-electron chi connectivity index (χ1n) is 7.09. The highest BCUT2D eigenvalue weighted by Gasteiger charge is 2.30. The molecule has 0 bridgehead atoms. The second kappa shape index (κ2) is 4.73. The quantitative estimate of drug-likeness (QED) is 0.793. The standard InChI is InChI=1S/C15H16N6/c16-15-14(12-4-5-12)21(19-18-15)10-11-2-6-13(7-3-11)20-9-1-8-17-20/h1-3,6-9,12H,4-5,10,16H2. The van der Waals surface area contributed by atoms with E-state index in [2.05, 4.69) is 39.7 Å². The molecule has 0 radical (unpaired) electrons. The number of rotatable bonds is 4. The maximum Gasteiger partial charge on any atom is 0.169 e. The monoisotopic (exact) mass is 280 g/mol. The van der Waals surface area contributed by atoms with Gasteiger partial charge in [-0.3, -0.25) is 0 Å². The molecule has 3 aromatic rings. The molecule has 1 fully saturated rings. The number of nitrogens with zero attached hydrogens (tertiary/aromatic N) is 5. The van der Waals surface area contributed by atoms with E-state index in [1.165, 1.54) is 18.4 Å². The molecule has 0 amide bonds. The summed E-state index contributed by atoms with van der Waals surface area (Å²) in [5.41, 5.74) is 9.23. The predicted octanol–water partition coefficient (Wildman–Crippen LogP) is 1.97. The van der Waals surface area contributed by atoms with Gasteiger partial charge >= 0.3 is 0 Å². The van der Waals surface area contributed by atoms with E-state index in [-0.39, 0.29) is 0 Å². The van der Waals surface area contributed by atoms with Crippen LogP contribution in [0.25, 0.3) is 5.69 Å². The van der Waals surface area contributed by atoms with Gasteiger partial charge in [0.15, 0.2) is 5.82 Å². The first-order chi connectivity index (χ1) is 10.3. The SMILES string of the molecule is Nc1nnn(Cc2ccc(-n3cccn3)cc2)c1C1CC1.